The number of hydrogen-bond acceptors (Lipinski definition) is 3. The third-order valence-corrected chi connectivity index (χ3v) is 5.41. The molecule has 0 fully saturated rings. The number of nitrogens with one attached hydrogen (secondary N) is 1. The molecule has 3 aromatic rings. The van der Waals surface area contributed by atoms with Gasteiger partial charge in [-0.15, -0.1) is 0 Å². The van der Waals surface area contributed by atoms with Gasteiger partial charge in [0.15, 0.2) is 0 Å². The van der Waals surface area contributed by atoms with Crippen LogP contribution in [0.25, 0.3) is 6.08 Å². The number of aryl methyl sites for hydroxylation is 1. The average Bonchev–Trinajstić information content (AvgIpc) is 2.75. The Morgan fingerprint density at radius 2 is 1.84 bits per heavy atom. The quantitative estimate of drug-likeness (QED) is 0.334. The molecule has 0 bridgehead atoms. The Kier molecular flexibility index (Phi) is 7.36. The van der Waals surface area contributed by atoms with Crippen LogP contribution in [0.1, 0.15) is 22.3 Å². The zero-order valence-electron chi connectivity index (χ0n) is 17.1. The van der Waals surface area contributed by atoms with Crippen molar-refractivity contribution in [2.24, 2.45) is 0 Å². The van der Waals surface area contributed by atoms with Crippen LogP contribution in [-0.4, -0.2) is 5.91 Å². The van der Waals surface area contributed by atoms with E-state index >= 15 is 0 Å². The molecule has 0 aliphatic rings. The Hall–Kier alpha value is -3.26. The maximum Gasteiger partial charge on any atom is 0.266 e. The molecule has 0 radical (unpaired) electrons. The van der Waals surface area contributed by atoms with E-state index in [-0.39, 0.29) is 5.57 Å². The van der Waals surface area contributed by atoms with Gasteiger partial charge >= 0.3 is 0 Å². The number of anilines is 1. The van der Waals surface area contributed by atoms with Crippen molar-refractivity contribution in [2.45, 2.75) is 20.5 Å². The molecule has 3 rings (SSSR count). The van der Waals surface area contributed by atoms with E-state index in [1.807, 2.05) is 44.2 Å². The molecule has 0 saturated heterocycles. The summed E-state index contributed by atoms with van der Waals surface area (Å²) >= 11 is 12.1. The van der Waals surface area contributed by atoms with Crippen molar-refractivity contribution in [1.29, 1.82) is 5.26 Å². The van der Waals surface area contributed by atoms with Gasteiger partial charge in [-0.2, -0.15) is 5.26 Å². The molecule has 0 aromatic heterocycles. The number of halogens is 2. The predicted octanol–water partition coefficient (Wildman–Crippen LogP) is 6.73. The normalized spacial score (nSPS) is 11.0. The van der Waals surface area contributed by atoms with Crippen molar-refractivity contribution in [1.82, 2.24) is 0 Å². The molecule has 0 unspecified atom stereocenters. The van der Waals surface area contributed by atoms with E-state index in [1.54, 1.807) is 42.5 Å². The molecule has 1 N–H and O–H groups in total. The van der Waals surface area contributed by atoms with Crippen molar-refractivity contribution < 1.29 is 9.53 Å². The fourth-order valence-electron chi connectivity index (χ4n) is 2.85. The first-order chi connectivity index (χ1) is 14.9. The molecule has 156 valence electrons. The summed E-state index contributed by atoms with van der Waals surface area (Å²) in [6, 6.07) is 20.0. The fraction of sp³-hybridized carbons (Fsp3) is 0.120. The fourth-order valence-corrected chi connectivity index (χ4v) is 3.31. The van der Waals surface area contributed by atoms with Crippen LogP contribution in [0.2, 0.25) is 10.0 Å². The van der Waals surface area contributed by atoms with Crippen molar-refractivity contribution in [3.63, 3.8) is 0 Å². The summed E-state index contributed by atoms with van der Waals surface area (Å²) < 4.78 is 5.76. The van der Waals surface area contributed by atoms with E-state index in [9.17, 15) is 10.1 Å². The summed E-state index contributed by atoms with van der Waals surface area (Å²) in [7, 11) is 0. The smallest absolute Gasteiger partial charge is 0.266 e. The SMILES string of the molecule is Cc1cccc(NC(=O)/C(C#N)=C/c2ccc(OCc3ccc(Cl)cc3Cl)cc2)c1C. The molecule has 31 heavy (non-hydrogen) atoms. The van der Waals surface area contributed by atoms with Crippen LogP contribution in [-0.2, 0) is 11.4 Å². The highest BCUT2D eigenvalue weighted by molar-refractivity contribution is 6.35. The van der Waals surface area contributed by atoms with Gasteiger partial charge in [-0.1, -0.05) is 53.5 Å². The second-order valence-corrected chi connectivity index (χ2v) is 7.81. The first kappa shape index (κ1) is 22.4. The van der Waals surface area contributed by atoms with Gasteiger partial charge in [0, 0.05) is 21.3 Å². The van der Waals surface area contributed by atoms with E-state index in [2.05, 4.69) is 5.32 Å². The number of carbonyl (C=O) groups excluding carboxylic acids is 1. The minimum atomic E-state index is -0.450. The molecule has 0 spiro atoms. The van der Waals surface area contributed by atoms with Gasteiger partial charge in [0.05, 0.1) is 0 Å². The Bertz CT molecular complexity index is 1180. The van der Waals surface area contributed by atoms with Crippen LogP contribution >= 0.6 is 23.2 Å². The Balaban J connectivity index is 1.68. The van der Waals surface area contributed by atoms with Crippen molar-refractivity contribution >= 4 is 40.9 Å². The predicted molar refractivity (Wildman–Crippen MR) is 125 cm³/mol. The highest BCUT2D eigenvalue weighted by Crippen LogP contribution is 2.23. The number of hydrogen-bond donors (Lipinski definition) is 1. The largest absolute Gasteiger partial charge is 0.489 e. The minimum absolute atomic E-state index is 0.0162. The summed E-state index contributed by atoms with van der Waals surface area (Å²) in [5.74, 6) is 0.190. The van der Waals surface area contributed by atoms with Crippen molar-refractivity contribution in [3.8, 4) is 11.8 Å². The second kappa shape index (κ2) is 10.2. The van der Waals surface area contributed by atoms with Crippen LogP contribution < -0.4 is 10.1 Å². The Morgan fingerprint density at radius 1 is 1.10 bits per heavy atom. The third kappa shape index (κ3) is 5.88. The molecular weight excluding hydrogens is 431 g/mol. The monoisotopic (exact) mass is 450 g/mol. The summed E-state index contributed by atoms with van der Waals surface area (Å²) in [5.41, 5.74) is 4.28. The number of rotatable bonds is 6. The first-order valence-corrected chi connectivity index (χ1v) is 10.3. The van der Waals surface area contributed by atoms with E-state index in [4.69, 9.17) is 27.9 Å². The van der Waals surface area contributed by atoms with Crippen LogP contribution in [0.4, 0.5) is 5.69 Å². The van der Waals surface area contributed by atoms with Crippen LogP contribution in [0.3, 0.4) is 0 Å². The molecule has 0 aliphatic carbocycles. The highest BCUT2D eigenvalue weighted by Gasteiger charge is 2.11. The average molecular weight is 451 g/mol. The lowest BCUT2D eigenvalue weighted by molar-refractivity contribution is -0.112. The lowest BCUT2D eigenvalue weighted by atomic mass is 10.1. The molecule has 0 aliphatic heterocycles. The Labute approximate surface area is 191 Å². The maximum atomic E-state index is 12.5. The molecule has 0 atom stereocenters. The third-order valence-electron chi connectivity index (χ3n) is 4.82. The summed E-state index contributed by atoms with van der Waals surface area (Å²) in [6.45, 7) is 4.19. The number of nitriles is 1. The van der Waals surface area contributed by atoms with Crippen LogP contribution in [0.5, 0.6) is 5.75 Å². The van der Waals surface area contributed by atoms with Crippen molar-refractivity contribution in [2.75, 3.05) is 5.32 Å². The molecule has 4 nitrogen and oxygen atoms in total. The van der Waals surface area contributed by atoms with E-state index in [1.165, 1.54) is 0 Å². The molecule has 1 amide bonds. The number of carbonyl (C=O) groups is 1. The first-order valence-electron chi connectivity index (χ1n) is 9.53. The van der Waals surface area contributed by atoms with E-state index in [0.717, 1.165) is 16.7 Å². The van der Waals surface area contributed by atoms with Crippen LogP contribution in [0, 0.1) is 25.2 Å². The summed E-state index contributed by atoms with van der Waals surface area (Å²) in [5, 5.41) is 13.4. The standard InChI is InChI=1S/C25H20Cl2N2O2/c1-16-4-3-5-24(17(16)2)29-25(30)20(14-28)12-18-6-10-22(11-7-18)31-15-19-8-9-21(26)13-23(19)27/h3-13H,15H2,1-2H3,(H,29,30)/b20-12+. The molecule has 0 saturated carbocycles. The second-order valence-electron chi connectivity index (χ2n) is 6.96. The topological polar surface area (TPSA) is 62.1 Å². The Morgan fingerprint density at radius 3 is 2.52 bits per heavy atom. The number of nitrogens with zero attached hydrogens (tertiary/aromatic N) is 1. The van der Waals surface area contributed by atoms with Crippen molar-refractivity contribution in [3.05, 3.63) is 98.5 Å². The number of ether oxygens (including phenoxy) is 1. The lowest BCUT2D eigenvalue weighted by Gasteiger charge is -2.10. The van der Waals surface area contributed by atoms with Gasteiger partial charge in [0.25, 0.3) is 5.91 Å². The molecule has 6 heteroatoms. The molecular formula is C25H20Cl2N2O2. The van der Waals surface area contributed by atoms with Gasteiger partial charge < -0.3 is 10.1 Å². The zero-order valence-corrected chi connectivity index (χ0v) is 18.6. The molecule has 3 aromatic carbocycles. The van der Waals surface area contributed by atoms with Gasteiger partial charge in [0.2, 0.25) is 0 Å². The van der Waals surface area contributed by atoms with E-state index in [0.29, 0.717) is 33.7 Å². The van der Waals surface area contributed by atoms with Gasteiger partial charge in [-0.25, -0.2) is 0 Å². The summed E-state index contributed by atoms with van der Waals surface area (Å²) in [6.07, 6.45) is 1.54. The summed E-state index contributed by atoms with van der Waals surface area (Å²) in [4.78, 5) is 12.5. The minimum Gasteiger partial charge on any atom is -0.489 e. The molecule has 0 heterocycles. The maximum absolute atomic E-state index is 12.5. The van der Waals surface area contributed by atoms with E-state index < -0.39 is 5.91 Å². The number of benzene rings is 3. The lowest BCUT2D eigenvalue weighted by Crippen LogP contribution is -2.14. The zero-order chi connectivity index (χ0) is 22.4. The van der Waals surface area contributed by atoms with Gasteiger partial charge in [-0.3, -0.25) is 4.79 Å². The van der Waals surface area contributed by atoms with Gasteiger partial charge in [0.1, 0.15) is 24.0 Å². The number of amides is 1. The highest BCUT2D eigenvalue weighted by atomic mass is 35.5. The van der Waals surface area contributed by atoms with Crippen LogP contribution in [0.15, 0.2) is 66.2 Å². The van der Waals surface area contributed by atoms with Gasteiger partial charge in [-0.05, 0) is 66.9 Å².